The minimum absolute atomic E-state index is 0.202. The molecule has 20 heavy (non-hydrogen) atoms. The van der Waals surface area contributed by atoms with Crippen LogP contribution in [0, 0.1) is 11.8 Å². The number of esters is 1. The molecule has 0 N–H and O–H groups in total. The molecular weight excluding hydrogens is 256 g/mol. The van der Waals surface area contributed by atoms with E-state index in [-0.39, 0.29) is 12.2 Å². The highest BCUT2D eigenvalue weighted by molar-refractivity contribution is 6.63. The summed E-state index contributed by atoms with van der Waals surface area (Å²) in [5.41, 5.74) is 7.74. The molecule has 1 heterocycles. The third kappa shape index (κ3) is 2.01. The SMILES string of the molecule is [N-]=[N+]=C1C(=O)CC(C2CCCC2)(C2CCCC2)OC1=O. The lowest BCUT2D eigenvalue weighted by atomic mass is 9.70. The molecule has 0 bridgehead atoms. The molecule has 5 nitrogen and oxygen atoms in total. The van der Waals surface area contributed by atoms with Crippen molar-refractivity contribution in [2.75, 3.05) is 0 Å². The highest BCUT2D eigenvalue weighted by atomic mass is 16.6. The monoisotopic (exact) mass is 276 g/mol. The van der Waals surface area contributed by atoms with Gasteiger partial charge in [0, 0.05) is 0 Å². The minimum Gasteiger partial charge on any atom is -0.449 e. The van der Waals surface area contributed by atoms with Crippen molar-refractivity contribution in [1.82, 2.24) is 0 Å². The van der Waals surface area contributed by atoms with Crippen LogP contribution in [-0.4, -0.2) is 27.9 Å². The first kappa shape index (κ1) is 13.5. The van der Waals surface area contributed by atoms with Crippen molar-refractivity contribution in [2.45, 2.75) is 63.4 Å². The standard InChI is InChI=1S/C15H20N2O3/c16-17-13-12(18)9-15(20-14(13)19,10-5-1-2-6-10)11-7-3-4-8-11/h10-11H,1-9H2. The van der Waals surface area contributed by atoms with Gasteiger partial charge < -0.3 is 10.3 Å². The van der Waals surface area contributed by atoms with Crippen LogP contribution in [0.3, 0.4) is 0 Å². The minimum atomic E-state index is -0.734. The molecule has 3 aliphatic rings. The van der Waals surface area contributed by atoms with Gasteiger partial charge in [0.1, 0.15) is 5.60 Å². The largest absolute Gasteiger partial charge is 0.449 e. The first-order chi connectivity index (χ1) is 9.67. The Kier molecular flexibility index (Phi) is 3.47. The topological polar surface area (TPSA) is 79.8 Å². The third-order valence-electron chi connectivity index (χ3n) is 5.37. The Morgan fingerprint density at radius 3 is 1.90 bits per heavy atom. The first-order valence-electron chi connectivity index (χ1n) is 7.66. The average molecular weight is 276 g/mol. The van der Waals surface area contributed by atoms with Gasteiger partial charge in [-0.15, -0.1) is 0 Å². The predicted molar refractivity (Wildman–Crippen MR) is 71.0 cm³/mol. The van der Waals surface area contributed by atoms with Crippen molar-refractivity contribution in [2.24, 2.45) is 11.8 Å². The van der Waals surface area contributed by atoms with Crippen LogP contribution in [0.1, 0.15) is 57.8 Å². The van der Waals surface area contributed by atoms with E-state index in [9.17, 15) is 9.59 Å². The van der Waals surface area contributed by atoms with E-state index in [1.165, 1.54) is 0 Å². The van der Waals surface area contributed by atoms with E-state index < -0.39 is 17.3 Å². The smallest absolute Gasteiger partial charge is 0.441 e. The van der Waals surface area contributed by atoms with Crippen molar-refractivity contribution < 1.29 is 19.1 Å². The zero-order valence-electron chi connectivity index (χ0n) is 11.6. The number of carbonyl (C=O) groups excluding carboxylic acids is 2. The number of cyclic esters (lactones) is 1. The van der Waals surface area contributed by atoms with Crippen LogP contribution in [0.25, 0.3) is 5.53 Å². The van der Waals surface area contributed by atoms with E-state index >= 15 is 0 Å². The van der Waals surface area contributed by atoms with Crippen molar-refractivity contribution >= 4 is 17.5 Å². The summed E-state index contributed by atoms with van der Waals surface area (Å²) in [6.45, 7) is 0. The number of nitrogens with zero attached hydrogens (tertiary/aromatic N) is 2. The van der Waals surface area contributed by atoms with Gasteiger partial charge in [-0.05, 0) is 37.5 Å². The average Bonchev–Trinajstić information content (AvgIpc) is 3.12. The molecule has 0 radical (unpaired) electrons. The molecule has 0 amide bonds. The molecule has 2 aliphatic carbocycles. The molecule has 3 rings (SSSR count). The lowest BCUT2D eigenvalue weighted by molar-refractivity contribution is -0.180. The Morgan fingerprint density at radius 2 is 1.50 bits per heavy atom. The zero-order chi connectivity index (χ0) is 14.2. The lowest BCUT2D eigenvalue weighted by Crippen LogP contribution is -2.56. The Bertz CT molecular complexity index is 443. The quantitative estimate of drug-likeness (QED) is 0.441. The van der Waals surface area contributed by atoms with Crippen LogP contribution in [0.15, 0.2) is 0 Å². The molecule has 1 aliphatic heterocycles. The molecule has 1 saturated heterocycles. The Labute approximate surface area is 118 Å². The summed E-state index contributed by atoms with van der Waals surface area (Å²) < 4.78 is 5.77. The van der Waals surface area contributed by atoms with Gasteiger partial charge in [-0.1, -0.05) is 25.7 Å². The van der Waals surface area contributed by atoms with E-state index in [0.29, 0.717) is 11.8 Å². The van der Waals surface area contributed by atoms with Gasteiger partial charge in [0.25, 0.3) is 5.78 Å². The van der Waals surface area contributed by atoms with Crippen molar-refractivity contribution in [3.63, 3.8) is 0 Å². The van der Waals surface area contributed by atoms with Crippen molar-refractivity contribution in [3.8, 4) is 0 Å². The van der Waals surface area contributed by atoms with E-state index in [4.69, 9.17) is 10.3 Å². The summed E-state index contributed by atoms with van der Waals surface area (Å²) in [5, 5.41) is 0. The Balaban J connectivity index is 1.96. The fourth-order valence-electron chi connectivity index (χ4n) is 4.42. The normalized spacial score (nSPS) is 27.7. The molecule has 0 aromatic carbocycles. The molecule has 5 heteroatoms. The number of Topliss-reactive ketones (excluding diaryl/α,β-unsaturated/α-hetero) is 1. The van der Waals surface area contributed by atoms with Gasteiger partial charge in [-0.3, -0.25) is 4.79 Å². The van der Waals surface area contributed by atoms with Crippen LogP contribution in [0.5, 0.6) is 0 Å². The van der Waals surface area contributed by atoms with Gasteiger partial charge in [0.15, 0.2) is 0 Å². The van der Waals surface area contributed by atoms with E-state index in [1.807, 2.05) is 0 Å². The summed E-state index contributed by atoms with van der Waals surface area (Å²) in [6, 6.07) is 0. The number of hydrogen-bond donors (Lipinski definition) is 0. The predicted octanol–water partition coefficient (Wildman–Crippen LogP) is 2.29. The van der Waals surface area contributed by atoms with Crippen LogP contribution in [0.4, 0.5) is 0 Å². The number of ether oxygens (including phenoxy) is 1. The highest BCUT2D eigenvalue weighted by Crippen LogP contribution is 2.50. The van der Waals surface area contributed by atoms with E-state index in [2.05, 4.69) is 4.79 Å². The molecule has 0 aromatic heterocycles. The molecule has 3 fully saturated rings. The second-order valence-electron chi connectivity index (χ2n) is 6.36. The summed E-state index contributed by atoms with van der Waals surface area (Å²) >= 11 is 0. The zero-order valence-corrected chi connectivity index (χ0v) is 11.6. The van der Waals surface area contributed by atoms with E-state index in [0.717, 1.165) is 51.4 Å². The molecule has 0 aromatic rings. The van der Waals surface area contributed by atoms with Crippen LogP contribution in [-0.2, 0) is 14.3 Å². The van der Waals surface area contributed by atoms with Crippen molar-refractivity contribution in [3.05, 3.63) is 5.53 Å². The summed E-state index contributed by atoms with van der Waals surface area (Å²) in [4.78, 5) is 27.0. The maximum Gasteiger partial charge on any atom is 0.441 e. The van der Waals surface area contributed by atoms with Crippen LogP contribution < -0.4 is 0 Å². The highest BCUT2D eigenvalue weighted by Gasteiger charge is 2.57. The maximum absolute atomic E-state index is 12.2. The van der Waals surface area contributed by atoms with Crippen LogP contribution >= 0.6 is 0 Å². The van der Waals surface area contributed by atoms with Gasteiger partial charge >= 0.3 is 11.7 Å². The summed E-state index contributed by atoms with van der Waals surface area (Å²) in [5.74, 6) is -0.511. The van der Waals surface area contributed by atoms with E-state index in [1.54, 1.807) is 0 Å². The fraction of sp³-hybridized carbons (Fsp3) is 0.800. The number of carbonyl (C=O) groups is 2. The Hall–Kier alpha value is -1.48. The van der Waals surface area contributed by atoms with Crippen LogP contribution in [0.2, 0.25) is 0 Å². The molecule has 0 spiro atoms. The number of ketones is 1. The molecule has 0 atom stereocenters. The second-order valence-corrected chi connectivity index (χ2v) is 6.36. The first-order valence-corrected chi connectivity index (χ1v) is 7.66. The van der Waals surface area contributed by atoms with Gasteiger partial charge in [0.05, 0.1) is 6.42 Å². The molecule has 2 saturated carbocycles. The number of rotatable bonds is 2. The van der Waals surface area contributed by atoms with Crippen molar-refractivity contribution in [1.29, 1.82) is 0 Å². The molecule has 108 valence electrons. The van der Waals surface area contributed by atoms with Gasteiger partial charge in [-0.25, -0.2) is 4.79 Å². The Morgan fingerprint density at radius 1 is 1.00 bits per heavy atom. The third-order valence-corrected chi connectivity index (χ3v) is 5.37. The lowest BCUT2D eigenvalue weighted by Gasteiger charge is -2.43. The summed E-state index contributed by atoms with van der Waals surface area (Å²) in [7, 11) is 0. The molecular formula is C15H20N2O3. The number of hydrogen-bond acceptors (Lipinski definition) is 3. The molecule has 0 unspecified atom stereocenters. The fourth-order valence-corrected chi connectivity index (χ4v) is 4.42. The maximum atomic E-state index is 12.2. The summed E-state index contributed by atoms with van der Waals surface area (Å²) in [6.07, 6.45) is 8.90. The van der Waals surface area contributed by atoms with Gasteiger partial charge in [-0.2, -0.15) is 4.79 Å². The second kappa shape index (κ2) is 5.13. The van der Waals surface area contributed by atoms with Gasteiger partial charge in [0.2, 0.25) is 0 Å².